The lowest BCUT2D eigenvalue weighted by atomic mass is 10.0. The number of amides is 2. The summed E-state index contributed by atoms with van der Waals surface area (Å²) in [6, 6.07) is 5.17. The molecular formula is C16H23N3O3. The number of hydrogen-bond acceptors (Lipinski definition) is 4. The lowest BCUT2D eigenvalue weighted by molar-refractivity contribution is -0.129. The number of anilines is 1. The van der Waals surface area contributed by atoms with Gasteiger partial charge in [-0.15, -0.1) is 0 Å². The molecule has 0 aliphatic carbocycles. The average Bonchev–Trinajstić information content (AvgIpc) is 2.46. The minimum atomic E-state index is -0.229. The van der Waals surface area contributed by atoms with Gasteiger partial charge in [-0.25, -0.2) is 0 Å². The first-order valence-electron chi connectivity index (χ1n) is 7.33. The van der Waals surface area contributed by atoms with Crippen molar-refractivity contribution in [2.75, 3.05) is 32.9 Å². The van der Waals surface area contributed by atoms with Crippen molar-refractivity contribution in [1.82, 2.24) is 9.80 Å². The van der Waals surface area contributed by atoms with E-state index in [9.17, 15) is 9.59 Å². The largest absolute Gasteiger partial charge is 0.485 e. The Bertz CT molecular complexity index is 588. The van der Waals surface area contributed by atoms with Crippen LogP contribution in [-0.4, -0.2) is 54.9 Å². The first-order valence-corrected chi connectivity index (χ1v) is 7.33. The van der Waals surface area contributed by atoms with E-state index in [2.05, 4.69) is 0 Å². The van der Waals surface area contributed by atoms with Crippen LogP contribution in [0.15, 0.2) is 18.2 Å². The zero-order valence-electron chi connectivity index (χ0n) is 13.5. The molecule has 0 fully saturated rings. The van der Waals surface area contributed by atoms with E-state index in [4.69, 9.17) is 10.5 Å². The Kier molecular flexibility index (Phi) is 4.59. The Hall–Kier alpha value is -2.24. The van der Waals surface area contributed by atoms with Gasteiger partial charge < -0.3 is 20.3 Å². The number of nitrogens with zero attached hydrogens (tertiary/aromatic N) is 2. The van der Waals surface area contributed by atoms with Crippen molar-refractivity contribution in [3.8, 4) is 5.75 Å². The van der Waals surface area contributed by atoms with Gasteiger partial charge in [0.2, 0.25) is 5.91 Å². The van der Waals surface area contributed by atoms with E-state index in [0.29, 0.717) is 30.1 Å². The van der Waals surface area contributed by atoms with Gasteiger partial charge in [-0.2, -0.15) is 0 Å². The van der Waals surface area contributed by atoms with Gasteiger partial charge in [-0.3, -0.25) is 9.59 Å². The molecule has 1 heterocycles. The third-order valence-electron chi connectivity index (χ3n) is 4.08. The van der Waals surface area contributed by atoms with Crippen molar-refractivity contribution in [1.29, 1.82) is 0 Å². The molecule has 22 heavy (non-hydrogen) atoms. The van der Waals surface area contributed by atoms with Crippen LogP contribution in [0.25, 0.3) is 0 Å². The number of hydrogen-bond donors (Lipinski definition) is 1. The summed E-state index contributed by atoms with van der Waals surface area (Å²) < 4.78 is 6.05. The lowest BCUT2D eigenvalue weighted by Crippen LogP contribution is -2.46. The van der Waals surface area contributed by atoms with Crippen LogP contribution < -0.4 is 10.5 Å². The molecule has 2 N–H and O–H groups in total. The molecule has 6 heteroatoms. The SMILES string of the molecule is CC(=O)N(C)C[C@H]1Oc2c(N)cccc2C(=O)N(C)C[C@@H]1C. The number of nitrogens with two attached hydrogens (primary N) is 1. The molecule has 0 bridgehead atoms. The highest BCUT2D eigenvalue weighted by molar-refractivity contribution is 5.98. The number of likely N-dealkylation sites (N-methyl/N-ethyl adjacent to an activating group) is 1. The highest BCUT2D eigenvalue weighted by atomic mass is 16.5. The Labute approximate surface area is 130 Å². The molecule has 1 aromatic rings. The zero-order valence-corrected chi connectivity index (χ0v) is 13.5. The second-order valence-electron chi connectivity index (χ2n) is 5.94. The monoisotopic (exact) mass is 305 g/mol. The minimum Gasteiger partial charge on any atom is -0.485 e. The Balaban J connectivity index is 2.39. The van der Waals surface area contributed by atoms with Gasteiger partial charge in [0.1, 0.15) is 6.10 Å². The van der Waals surface area contributed by atoms with Gasteiger partial charge in [0.15, 0.2) is 5.75 Å². The second kappa shape index (κ2) is 6.25. The summed E-state index contributed by atoms with van der Waals surface area (Å²) in [6.45, 7) is 4.54. The van der Waals surface area contributed by atoms with Crippen molar-refractivity contribution >= 4 is 17.5 Å². The smallest absolute Gasteiger partial charge is 0.257 e. The van der Waals surface area contributed by atoms with E-state index in [1.165, 1.54) is 6.92 Å². The molecule has 2 amide bonds. The topological polar surface area (TPSA) is 75.9 Å². The van der Waals surface area contributed by atoms with Gasteiger partial charge in [-0.05, 0) is 12.1 Å². The van der Waals surface area contributed by atoms with Gasteiger partial charge in [-0.1, -0.05) is 13.0 Å². The molecule has 0 spiro atoms. The lowest BCUT2D eigenvalue weighted by Gasteiger charge is -2.34. The first kappa shape index (κ1) is 16.1. The molecule has 1 aliphatic rings. The summed E-state index contributed by atoms with van der Waals surface area (Å²) in [7, 11) is 3.50. The van der Waals surface area contributed by atoms with Crippen LogP contribution in [0.3, 0.4) is 0 Å². The molecule has 0 aromatic heterocycles. The molecular weight excluding hydrogens is 282 g/mol. The number of carbonyl (C=O) groups is 2. The second-order valence-corrected chi connectivity index (χ2v) is 5.94. The maximum absolute atomic E-state index is 12.5. The normalized spacial score (nSPS) is 21.5. The number of para-hydroxylation sites is 1. The summed E-state index contributed by atoms with van der Waals surface area (Å²) in [5.74, 6) is 0.354. The fraction of sp³-hybridized carbons (Fsp3) is 0.500. The van der Waals surface area contributed by atoms with Gasteiger partial charge >= 0.3 is 0 Å². The number of ether oxygens (including phenoxy) is 1. The number of benzene rings is 1. The number of nitrogen functional groups attached to an aromatic ring is 1. The predicted octanol–water partition coefficient (Wildman–Crippen LogP) is 1.22. The molecule has 6 nitrogen and oxygen atoms in total. The standard InChI is InChI=1S/C16H23N3O3/c1-10-8-19(4)16(21)12-6-5-7-13(17)15(12)22-14(10)9-18(3)11(2)20/h5-7,10,14H,8-9,17H2,1-4H3/t10-,14+/m0/s1. The summed E-state index contributed by atoms with van der Waals surface area (Å²) in [5, 5.41) is 0. The molecule has 2 atom stereocenters. The van der Waals surface area contributed by atoms with Crippen LogP contribution in [0.2, 0.25) is 0 Å². The predicted molar refractivity (Wildman–Crippen MR) is 84.7 cm³/mol. The number of fused-ring (bicyclic) bond motifs is 1. The van der Waals surface area contributed by atoms with Gasteiger partial charge in [0.25, 0.3) is 5.91 Å². The maximum Gasteiger partial charge on any atom is 0.257 e. The first-order chi connectivity index (χ1) is 10.3. The van der Waals surface area contributed by atoms with Crippen LogP contribution in [-0.2, 0) is 4.79 Å². The van der Waals surface area contributed by atoms with Crippen LogP contribution in [0.5, 0.6) is 5.75 Å². The van der Waals surface area contributed by atoms with Crippen molar-refractivity contribution in [3.63, 3.8) is 0 Å². The highest BCUT2D eigenvalue weighted by Crippen LogP contribution is 2.31. The van der Waals surface area contributed by atoms with Crippen LogP contribution >= 0.6 is 0 Å². The van der Waals surface area contributed by atoms with Crippen LogP contribution in [0.4, 0.5) is 5.69 Å². The molecule has 0 saturated heterocycles. The zero-order chi connectivity index (χ0) is 16.4. The minimum absolute atomic E-state index is 0.0245. The van der Waals surface area contributed by atoms with E-state index in [0.717, 1.165) is 0 Å². The summed E-state index contributed by atoms with van der Waals surface area (Å²) in [4.78, 5) is 27.2. The van der Waals surface area contributed by atoms with Crippen LogP contribution in [0, 0.1) is 5.92 Å². The summed E-state index contributed by atoms with van der Waals surface area (Å²) in [6.07, 6.45) is -0.229. The summed E-state index contributed by atoms with van der Waals surface area (Å²) in [5.41, 5.74) is 6.89. The van der Waals surface area contributed by atoms with Crippen molar-refractivity contribution in [2.45, 2.75) is 20.0 Å². The Morgan fingerprint density at radius 3 is 2.82 bits per heavy atom. The molecule has 2 rings (SSSR count). The average molecular weight is 305 g/mol. The van der Waals surface area contributed by atoms with Crippen molar-refractivity contribution < 1.29 is 14.3 Å². The fourth-order valence-corrected chi connectivity index (χ4v) is 2.58. The molecule has 0 unspecified atom stereocenters. The van der Waals surface area contributed by atoms with E-state index < -0.39 is 0 Å². The third kappa shape index (κ3) is 3.16. The number of carbonyl (C=O) groups excluding carboxylic acids is 2. The molecule has 0 saturated carbocycles. The van der Waals surface area contributed by atoms with Gasteiger partial charge in [0, 0.05) is 33.5 Å². The quantitative estimate of drug-likeness (QED) is 0.834. The summed E-state index contributed by atoms with van der Waals surface area (Å²) >= 11 is 0. The van der Waals surface area contributed by atoms with Crippen molar-refractivity contribution in [2.24, 2.45) is 5.92 Å². The van der Waals surface area contributed by atoms with Crippen molar-refractivity contribution in [3.05, 3.63) is 23.8 Å². The fourth-order valence-electron chi connectivity index (χ4n) is 2.58. The Morgan fingerprint density at radius 2 is 2.18 bits per heavy atom. The molecule has 120 valence electrons. The highest BCUT2D eigenvalue weighted by Gasteiger charge is 2.31. The molecule has 0 radical (unpaired) electrons. The maximum atomic E-state index is 12.5. The Morgan fingerprint density at radius 1 is 1.50 bits per heavy atom. The number of rotatable bonds is 2. The third-order valence-corrected chi connectivity index (χ3v) is 4.08. The van der Waals surface area contributed by atoms with E-state index in [1.807, 2.05) is 6.92 Å². The van der Waals surface area contributed by atoms with E-state index in [-0.39, 0.29) is 23.8 Å². The van der Waals surface area contributed by atoms with Crippen LogP contribution in [0.1, 0.15) is 24.2 Å². The van der Waals surface area contributed by atoms with Gasteiger partial charge in [0.05, 0.1) is 17.8 Å². The molecule has 1 aromatic carbocycles. The van der Waals surface area contributed by atoms with E-state index >= 15 is 0 Å². The van der Waals surface area contributed by atoms with E-state index in [1.54, 1.807) is 42.1 Å². The molecule has 1 aliphatic heterocycles.